The highest BCUT2D eigenvalue weighted by Gasteiger charge is 2.70. The highest BCUT2D eigenvalue weighted by Crippen LogP contribution is 2.77. The summed E-state index contributed by atoms with van der Waals surface area (Å²) in [6.07, 6.45) is 13.2. The maximum Gasteiger partial charge on any atom is 0.302 e. The Morgan fingerprint density at radius 3 is 2.24 bits per heavy atom. The van der Waals surface area contributed by atoms with Gasteiger partial charge in [0.25, 0.3) is 0 Å². The molecule has 0 aromatic heterocycles. The molecule has 0 saturated heterocycles. The molecule has 0 aromatic carbocycles. The van der Waals surface area contributed by atoms with Gasteiger partial charge in [0.2, 0.25) is 0 Å². The van der Waals surface area contributed by atoms with Crippen LogP contribution in [0.2, 0.25) is 0 Å². The fourth-order valence-corrected chi connectivity index (χ4v) is 11.8. The summed E-state index contributed by atoms with van der Waals surface area (Å²) < 4.78 is 5.91. The van der Waals surface area contributed by atoms with Crippen molar-refractivity contribution in [3.63, 3.8) is 0 Å². The first-order valence-corrected chi connectivity index (χ1v) is 14.6. The molecule has 192 valence electrons. The Balaban J connectivity index is 1.50. The van der Waals surface area contributed by atoms with Crippen molar-refractivity contribution in [3.8, 4) is 0 Å². The molecule has 0 spiro atoms. The number of esters is 1. The summed E-state index contributed by atoms with van der Waals surface area (Å²) in [4.78, 5) is 11.9. The summed E-state index contributed by atoms with van der Waals surface area (Å²) in [6, 6.07) is 0. The fourth-order valence-electron chi connectivity index (χ4n) is 11.8. The lowest BCUT2D eigenvalue weighted by atomic mass is 9.31. The summed E-state index contributed by atoms with van der Waals surface area (Å²) in [7, 11) is 0. The predicted octanol–water partition coefficient (Wildman–Crippen LogP) is 8.60. The van der Waals surface area contributed by atoms with Crippen molar-refractivity contribution in [2.24, 2.45) is 56.7 Å². The second-order valence-electron chi connectivity index (χ2n) is 15.3. The maximum atomic E-state index is 11.9. The predicted molar refractivity (Wildman–Crippen MR) is 140 cm³/mol. The van der Waals surface area contributed by atoms with E-state index in [9.17, 15) is 4.79 Å². The molecular formula is C32H52O2. The van der Waals surface area contributed by atoms with Crippen molar-refractivity contribution in [3.05, 3.63) is 12.2 Å². The topological polar surface area (TPSA) is 26.3 Å². The van der Waals surface area contributed by atoms with Gasteiger partial charge in [0.05, 0.1) is 0 Å². The van der Waals surface area contributed by atoms with Crippen LogP contribution in [0.5, 0.6) is 0 Å². The van der Waals surface area contributed by atoms with Gasteiger partial charge in [-0.2, -0.15) is 0 Å². The summed E-state index contributed by atoms with van der Waals surface area (Å²) in [5.74, 6) is 3.64. The van der Waals surface area contributed by atoms with E-state index >= 15 is 0 Å². The van der Waals surface area contributed by atoms with Gasteiger partial charge in [-0.1, -0.05) is 60.6 Å². The molecule has 5 rings (SSSR count). The molecule has 0 aromatic rings. The summed E-state index contributed by atoms with van der Waals surface area (Å²) in [5.41, 5.74) is 3.28. The van der Waals surface area contributed by atoms with Gasteiger partial charge < -0.3 is 4.74 Å². The molecule has 5 aliphatic rings. The Morgan fingerprint density at radius 2 is 1.56 bits per heavy atom. The van der Waals surface area contributed by atoms with E-state index in [1.807, 2.05) is 0 Å². The van der Waals surface area contributed by atoms with Gasteiger partial charge in [-0.05, 0) is 115 Å². The lowest BCUT2D eigenvalue weighted by molar-refractivity contribution is -0.253. The molecule has 0 unspecified atom stereocenters. The van der Waals surface area contributed by atoms with Crippen LogP contribution in [-0.2, 0) is 9.53 Å². The molecule has 0 amide bonds. The summed E-state index contributed by atoms with van der Waals surface area (Å²) in [5, 5.41) is 0. The van der Waals surface area contributed by atoms with Gasteiger partial charge in [-0.3, -0.25) is 4.79 Å². The van der Waals surface area contributed by atoms with Crippen molar-refractivity contribution in [1.29, 1.82) is 0 Å². The second kappa shape index (κ2) is 7.61. The lowest BCUT2D eigenvalue weighted by Gasteiger charge is -2.73. The molecule has 0 bridgehead atoms. The van der Waals surface area contributed by atoms with Crippen LogP contribution in [0.4, 0.5) is 0 Å². The number of hydrogen-bond donors (Lipinski definition) is 0. The largest absolute Gasteiger partial charge is 0.462 e. The number of ether oxygens (including phenoxy) is 1. The molecule has 5 aliphatic carbocycles. The first kappa shape index (κ1) is 24.9. The first-order chi connectivity index (χ1) is 15.7. The quantitative estimate of drug-likeness (QED) is 0.284. The number of carbonyl (C=O) groups excluding carboxylic acids is 1. The minimum absolute atomic E-state index is 0.0541. The van der Waals surface area contributed by atoms with Gasteiger partial charge in [-0.15, -0.1) is 0 Å². The van der Waals surface area contributed by atoms with Crippen LogP contribution in [0, 0.1) is 56.7 Å². The van der Waals surface area contributed by atoms with E-state index in [-0.39, 0.29) is 17.5 Å². The number of allylic oxidation sites excluding steroid dienone is 1. The molecule has 0 heterocycles. The fraction of sp³-hybridized carbons (Fsp3) is 0.906. The van der Waals surface area contributed by atoms with Crippen LogP contribution in [0.15, 0.2) is 12.2 Å². The van der Waals surface area contributed by atoms with Crippen LogP contribution in [-0.4, -0.2) is 12.1 Å². The third-order valence-corrected chi connectivity index (χ3v) is 13.8. The monoisotopic (exact) mass is 468 g/mol. The third-order valence-electron chi connectivity index (χ3n) is 13.8. The highest BCUT2D eigenvalue weighted by atomic mass is 16.5. The van der Waals surface area contributed by atoms with Gasteiger partial charge in [0.15, 0.2) is 0 Å². The van der Waals surface area contributed by atoms with Crippen LogP contribution in [0.3, 0.4) is 0 Å². The number of hydrogen-bond acceptors (Lipinski definition) is 2. The van der Waals surface area contributed by atoms with Crippen molar-refractivity contribution < 1.29 is 9.53 Å². The van der Waals surface area contributed by atoms with Crippen LogP contribution < -0.4 is 0 Å². The van der Waals surface area contributed by atoms with E-state index in [1.165, 1.54) is 63.4 Å². The molecule has 2 heteroatoms. The zero-order valence-corrected chi connectivity index (χ0v) is 23.6. The average Bonchev–Trinajstić information content (AvgIpc) is 2.74. The Kier molecular flexibility index (Phi) is 5.57. The average molecular weight is 469 g/mol. The van der Waals surface area contributed by atoms with Crippen LogP contribution in [0.1, 0.15) is 120 Å². The van der Waals surface area contributed by atoms with Crippen LogP contribution in [0.25, 0.3) is 0 Å². The molecular weight excluding hydrogens is 416 g/mol. The molecule has 0 radical (unpaired) electrons. The van der Waals surface area contributed by atoms with E-state index in [0.29, 0.717) is 33.5 Å². The normalized spacial score (nSPS) is 54.2. The maximum absolute atomic E-state index is 11.9. The molecule has 10 atom stereocenters. The lowest BCUT2D eigenvalue weighted by Crippen LogP contribution is -2.67. The Bertz CT molecular complexity index is 872. The summed E-state index contributed by atoms with van der Waals surface area (Å²) >= 11 is 0. The van der Waals surface area contributed by atoms with Gasteiger partial charge in [0.1, 0.15) is 6.10 Å². The minimum Gasteiger partial charge on any atom is -0.462 e. The third kappa shape index (κ3) is 3.08. The van der Waals surface area contributed by atoms with Crippen molar-refractivity contribution >= 4 is 5.97 Å². The highest BCUT2D eigenvalue weighted by molar-refractivity contribution is 5.66. The molecule has 2 nitrogen and oxygen atoms in total. The van der Waals surface area contributed by atoms with Crippen molar-refractivity contribution in [2.45, 2.75) is 126 Å². The van der Waals surface area contributed by atoms with Crippen LogP contribution >= 0.6 is 0 Å². The Labute approximate surface area is 210 Å². The SMILES string of the molecule is C=C1CC[C@]2(C)CC[C@]3(C)[C@H](CC[C@@H]4[C@@]5(C)CC[C@H](OC(C)=O)C(C)(C)[C@H]5CC[C@]43C)[C@@H]2[C@H]1C. The summed E-state index contributed by atoms with van der Waals surface area (Å²) in [6.45, 7) is 24.2. The van der Waals surface area contributed by atoms with Gasteiger partial charge in [0, 0.05) is 12.3 Å². The van der Waals surface area contributed by atoms with Gasteiger partial charge in [-0.25, -0.2) is 0 Å². The standard InChI is InChI=1S/C32H52O2/c1-20-12-15-29(6)18-19-31(8)23(27(29)21(20)2)10-11-25-30(7)16-14-26(34-22(3)33)28(4,5)24(30)13-17-32(25,31)9/h21,23-27H,1,10-19H2,2-9H3/t21-,23+,24+,25+,26-,27-,29+,30-,31+,32+/m0/s1. The van der Waals surface area contributed by atoms with E-state index in [2.05, 4.69) is 55.0 Å². The molecule has 0 N–H and O–H groups in total. The minimum atomic E-state index is -0.108. The smallest absolute Gasteiger partial charge is 0.302 e. The van der Waals surface area contributed by atoms with E-state index < -0.39 is 0 Å². The Morgan fingerprint density at radius 1 is 0.853 bits per heavy atom. The van der Waals surface area contributed by atoms with Gasteiger partial charge >= 0.3 is 5.97 Å². The first-order valence-electron chi connectivity index (χ1n) is 14.6. The van der Waals surface area contributed by atoms with Crippen molar-refractivity contribution in [1.82, 2.24) is 0 Å². The van der Waals surface area contributed by atoms with E-state index in [1.54, 1.807) is 6.92 Å². The second-order valence-corrected chi connectivity index (χ2v) is 15.3. The molecule has 34 heavy (non-hydrogen) atoms. The Hall–Kier alpha value is -0.790. The molecule has 5 saturated carbocycles. The van der Waals surface area contributed by atoms with E-state index in [4.69, 9.17) is 4.74 Å². The number of fused-ring (bicyclic) bond motifs is 7. The number of rotatable bonds is 1. The zero-order valence-electron chi connectivity index (χ0n) is 23.6. The zero-order chi connectivity index (χ0) is 24.9. The van der Waals surface area contributed by atoms with E-state index in [0.717, 1.165) is 24.2 Å². The van der Waals surface area contributed by atoms with Crippen molar-refractivity contribution in [2.75, 3.05) is 0 Å². The molecule has 0 aliphatic heterocycles. The number of carbonyl (C=O) groups is 1. The molecule has 5 fully saturated rings.